The largest absolute Gasteiger partial charge is 0.354 e. The van der Waals surface area contributed by atoms with Crippen molar-refractivity contribution in [3.63, 3.8) is 0 Å². The van der Waals surface area contributed by atoms with Gasteiger partial charge in [0.05, 0.1) is 0 Å². The molecule has 0 bridgehead atoms. The lowest BCUT2D eigenvalue weighted by atomic mass is 9.97. The topological polar surface area (TPSA) is 75.6 Å². The second-order valence-corrected chi connectivity index (χ2v) is 6.95. The average Bonchev–Trinajstić information content (AvgIpc) is 2.61. The minimum absolute atomic E-state index is 0.123. The molecule has 6 heteroatoms. The number of pyridine rings is 1. The number of rotatable bonds is 5. The van der Waals surface area contributed by atoms with Crippen molar-refractivity contribution in [3.8, 4) is 11.4 Å². The third-order valence-corrected chi connectivity index (χ3v) is 3.38. The third-order valence-electron chi connectivity index (χ3n) is 3.38. The lowest BCUT2D eigenvalue weighted by Crippen LogP contribution is -2.20. The second-order valence-electron chi connectivity index (χ2n) is 6.95. The van der Waals surface area contributed by atoms with E-state index in [0.29, 0.717) is 17.7 Å². The zero-order valence-electron chi connectivity index (χ0n) is 14.7. The first-order valence-electron chi connectivity index (χ1n) is 8.22. The number of benzene rings is 1. The van der Waals surface area contributed by atoms with Gasteiger partial charge in [-0.2, -0.15) is 15.0 Å². The van der Waals surface area contributed by atoms with E-state index in [0.717, 1.165) is 17.8 Å². The molecule has 0 saturated heterocycles. The maximum absolute atomic E-state index is 4.56. The molecule has 2 N–H and O–H groups in total. The quantitative estimate of drug-likeness (QED) is 0.730. The number of anilines is 3. The fraction of sp³-hybridized carbons (Fsp3) is 0.263. The molecule has 0 radical (unpaired) electrons. The average molecular weight is 334 g/mol. The van der Waals surface area contributed by atoms with Crippen LogP contribution in [-0.4, -0.2) is 26.5 Å². The molecule has 2 heterocycles. The van der Waals surface area contributed by atoms with E-state index >= 15 is 0 Å². The Balaban J connectivity index is 1.93. The van der Waals surface area contributed by atoms with Gasteiger partial charge in [-0.3, -0.25) is 4.98 Å². The van der Waals surface area contributed by atoms with Crippen molar-refractivity contribution in [1.29, 1.82) is 0 Å². The van der Waals surface area contributed by atoms with E-state index in [-0.39, 0.29) is 5.41 Å². The van der Waals surface area contributed by atoms with Crippen LogP contribution in [0.2, 0.25) is 0 Å². The van der Waals surface area contributed by atoms with Gasteiger partial charge in [-0.15, -0.1) is 0 Å². The van der Waals surface area contributed by atoms with E-state index in [9.17, 15) is 0 Å². The molecular formula is C19H22N6. The molecule has 0 aliphatic heterocycles. The molecule has 0 aliphatic carbocycles. The normalized spacial score (nSPS) is 11.2. The van der Waals surface area contributed by atoms with Crippen LogP contribution in [0.25, 0.3) is 11.4 Å². The van der Waals surface area contributed by atoms with Gasteiger partial charge in [0.15, 0.2) is 5.82 Å². The van der Waals surface area contributed by atoms with Crippen LogP contribution in [0.1, 0.15) is 20.8 Å². The zero-order chi connectivity index (χ0) is 17.7. The van der Waals surface area contributed by atoms with Crippen LogP contribution < -0.4 is 10.6 Å². The number of hydrogen-bond acceptors (Lipinski definition) is 6. The molecule has 0 saturated carbocycles. The van der Waals surface area contributed by atoms with Gasteiger partial charge < -0.3 is 10.6 Å². The highest BCUT2D eigenvalue weighted by Gasteiger charge is 2.13. The molecular weight excluding hydrogens is 312 g/mol. The third kappa shape index (κ3) is 4.97. The fourth-order valence-electron chi connectivity index (χ4n) is 2.14. The Bertz CT molecular complexity index is 812. The summed E-state index contributed by atoms with van der Waals surface area (Å²) in [4.78, 5) is 17.6. The Morgan fingerprint density at radius 3 is 2.20 bits per heavy atom. The Kier molecular flexibility index (Phi) is 4.88. The van der Waals surface area contributed by atoms with Crippen molar-refractivity contribution in [2.75, 3.05) is 17.2 Å². The van der Waals surface area contributed by atoms with Crippen LogP contribution in [0, 0.1) is 5.41 Å². The highest BCUT2D eigenvalue weighted by atomic mass is 15.2. The van der Waals surface area contributed by atoms with Gasteiger partial charge in [0, 0.05) is 30.2 Å². The Labute approximate surface area is 147 Å². The van der Waals surface area contributed by atoms with Gasteiger partial charge in [0.1, 0.15) is 0 Å². The minimum Gasteiger partial charge on any atom is -0.354 e. The van der Waals surface area contributed by atoms with E-state index in [1.165, 1.54) is 0 Å². The van der Waals surface area contributed by atoms with Crippen LogP contribution in [0.15, 0.2) is 54.9 Å². The summed E-state index contributed by atoms with van der Waals surface area (Å²) in [5, 5.41) is 6.52. The minimum atomic E-state index is 0.123. The summed E-state index contributed by atoms with van der Waals surface area (Å²) in [7, 11) is 0. The van der Waals surface area contributed by atoms with Gasteiger partial charge in [-0.25, -0.2) is 0 Å². The highest BCUT2D eigenvalue weighted by Crippen LogP contribution is 2.21. The van der Waals surface area contributed by atoms with E-state index in [1.807, 2.05) is 42.5 Å². The smallest absolute Gasteiger partial charge is 0.232 e. The molecule has 128 valence electrons. The van der Waals surface area contributed by atoms with Crippen LogP contribution in [0.5, 0.6) is 0 Å². The maximum atomic E-state index is 4.56. The number of nitrogens with zero attached hydrogens (tertiary/aromatic N) is 4. The first-order chi connectivity index (χ1) is 12.0. The molecule has 1 aromatic carbocycles. The predicted octanol–water partition coefficient (Wildman–Crippen LogP) is 4.14. The van der Waals surface area contributed by atoms with Crippen LogP contribution in [-0.2, 0) is 0 Å². The maximum Gasteiger partial charge on any atom is 0.232 e. The molecule has 0 spiro atoms. The highest BCUT2D eigenvalue weighted by molar-refractivity contribution is 5.60. The van der Waals surface area contributed by atoms with Gasteiger partial charge in [0.25, 0.3) is 0 Å². The Hall–Kier alpha value is -3.02. The summed E-state index contributed by atoms with van der Waals surface area (Å²) in [6, 6.07) is 13.6. The van der Waals surface area contributed by atoms with Crippen molar-refractivity contribution in [3.05, 3.63) is 54.9 Å². The molecule has 0 fully saturated rings. The lowest BCUT2D eigenvalue weighted by molar-refractivity contribution is 0.442. The summed E-state index contributed by atoms with van der Waals surface area (Å²) >= 11 is 0. The summed E-state index contributed by atoms with van der Waals surface area (Å²) in [5.74, 6) is 1.68. The van der Waals surface area contributed by atoms with Crippen molar-refractivity contribution >= 4 is 17.6 Å². The van der Waals surface area contributed by atoms with E-state index < -0.39 is 0 Å². The van der Waals surface area contributed by atoms with Crippen LogP contribution >= 0.6 is 0 Å². The number of aromatic nitrogens is 4. The fourth-order valence-corrected chi connectivity index (χ4v) is 2.14. The lowest BCUT2D eigenvalue weighted by Gasteiger charge is -2.19. The zero-order valence-corrected chi connectivity index (χ0v) is 14.7. The van der Waals surface area contributed by atoms with Crippen molar-refractivity contribution in [2.45, 2.75) is 20.8 Å². The van der Waals surface area contributed by atoms with E-state index in [1.54, 1.807) is 12.4 Å². The second kappa shape index (κ2) is 7.25. The molecule has 0 unspecified atom stereocenters. The standard InChI is InChI=1S/C19H22N6/c1-19(2,3)13-21-17-23-16(14-7-5-4-6-8-14)24-18(25-17)22-15-9-11-20-12-10-15/h4-12H,13H2,1-3H3,(H2,20,21,22,23,24,25). The summed E-state index contributed by atoms with van der Waals surface area (Å²) in [5.41, 5.74) is 1.95. The van der Waals surface area contributed by atoms with Gasteiger partial charge in [0.2, 0.25) is 11.9 Å². The van der Waals surface area contributed by atoms with Crippen molar-refractivity contribution in [2.24, 2.45) is 5.41 Å². The Morgan fingerprint density at radius 2 is 1.52 bits per heavy atom. The summed E-state index contributed by atoms with van der Waals surface area (Å²) in [6.07, 6.45) is 3.45. The van der Waals surface area contributed by atoms with Crippen molar-refractivity contribution in [1.82, 2.24) is 19.9 Å². The van der Waals surface area contributed by atoms with Gasteiger partial charge in [-0.1, -0.05) is 51.1 Å². The van der Waals surface area contributed by atoms with Gasteiger partial charge in [-0.05, 0) is 17.5 Å². The Morgan fingerprint density at radius 1 is 0.840 bits per heavy atom. The molecule has 0 amide bonds. The summed E-state index contributed by atoms with van der Waals surface area (Å²) < 4.78 is 0. The van der Waals surface area contributed by atoms with E-state index in [2.05, 4.69) is 51.3 Å². The number of nitrogens with one attached hydrogen (secondary N) is 2. The molecule has 6 nitrogen and oxygen atoms in total. The van der Waals surface area contributed by atoms with E-state index in [4.69, 9.17) is 0 Å². The van der Waals surface area contributed by atoms with Crippen LogP contribution in [0.3, 0.4) is 0 Å². The SMILES string of the molecule is CC(C)(C)CNc1nc(Nc2ccncc2)nc(-c2ccccc2)n1. The first-order valence-corrected chi connectivity index (χ1v) is 8.22. The molecule has 0 aliphatic rings. The molecule has 3 rings (SSSR count). The monoisotopic (exact) mass is 334 g/mol. The number of hydrogen-bond donors (Lipinski definition) is 2. The van der Waals surface area contributed by atoms with Crippen LogP contribution in [0.4, 0.5) is 17.6 Å². The van der Waals surface area contributed by atoms with Crippen molar-refractivity contribution < 1.29 is 0 Å². The predicted molar refractivity (Wildman–Crippen MR) is 101 cm³/mol. The first kappa shape index (κ1) is 16.8. The molecule has 0 atom stereocenters. The molecule has 3 aromatic rings. The molecule has 25 heavy (non-hydrogen) atoms. The van der Waals surface area contributed by atoms with Gasteiger partial charge >= 0.3 is 0 Å². The molecule has 2 aromatic heterocycles. The summed E-state index contributed by atoms with van der Waals surface area (Å²) in [6.45, 7) is 7.25.